The number of hydrogen-bond acceptors (Lipinski definition) is 7. The summed E-state index contributed by atoms with van der Waals surface area (Å²) in [6, 6.07) is 10.2. The van der Waals surface area contributed by atoms with Gasteiger partial charge in [-0.15, -0.1) is 22.7 Å². The average Bonchev–Trinajstić information content (AvgIpc) is 3.61. The first-order valence-electron chi connectivity index (χ1n) is 11.6. The maximum atomic E-state index is 13.4. The van der Waals surface area contributed by atoms with Crippen LogP contribution >= 0.6 is 22.7 Å². The van der Waals surface area contributed by atoms with E-state index < -0.39 is 0 Å². The Morgan fingerprint density at radius 2 is 2.00 bits per heavy atom. The van der Waals surface area contributed by atoms with Gasteiger partial charge < -0.3 is 9.47 Å². The molecular weight excluding hydrogens is 454 g/mol. The van der Waals surface area contributed by atoms with Gasteiger partial charge in [0, 0.05) is 6.54 Å². The maximum absolute atomic E-state index is 13.4. The van der Waals surface area contributed by atoms with Crippen molar-refractivity contribution in [1.82, 2.24) is 15.4 Å². The van der Waals surface area contributed by atoms with Crippen molar-refractivity contribution in [2.24, 2.45) is 0 Å². The normalized spacial score (nSPS) is 19.1. The van der Waals surface area contributed by atoms with E-state index in [0.717, 1.165) is 58.3 Å². The zero-order chi connectivity index (χ0) is 22.8. The number of nitrogens with one attached hydrogen (secondary N) is 1. The number of nitrogens with zero attached hydrogens (tertiary/aromatic N) is 2. The Kier molecular flexibility index (Phi) is 6.66. The fraction of sp³-hybridized carbons (Fsp3) is 0.440. The van der Waals surface area contributed by atoms with Gasteiger partial charge in [-0.3, -0.25) is 9.80 Å². The summed E-state index contributed by atoms with van der Waals surface area (Å²) < 4.78 is 11.8. The molecule has 5 rings (SSSR count). The van der Waals surface area contributed by atoms with E-state index in [1.165, 1.54) is 24.2 Å². The number of thiazole rings is 1. The average molecular weight is 484 g/mol. The van der Waals surface area contributed by atoms with E-state index >= 15 is 0 Å². The lowest BCUT2D eigenvalue weighted by molar-refractivity contribution is 0.0537. The molecule has 1 atom stereocenters. The lowest BCUT2D eigenvalue weighted by atomic mass is 10.00. The number of benzene rings is 1. The van der Waals surface area contributed by atoms with E-state index in [4.69, 9.17) is 9.47 Å². The van der Waals surface area contributed by atoms with Gasteiger partial charge in [-0.1, -0.05) is 12.1 Å². The summed E-state index contributed by atoms with van der Waals surface area (Å²) in [6.45, 7) is 2.60. The molecule has 2 fully saturated rings. The molecule has 1 saturated carbocycles. The molecule has 174 valence electrons. The van der Waals surface area contributed by atoms with Crippen LogP contribution < -0.4 is 14.9 Å². The minimum absolute atomic E-state index is 0.00607. The van der Waals surface area contributed by atoms with Crippen LogP contribution in [0.4, 0.5) is 0 Å². The van der Waals surface area contributed by atoms with Crippen molar-refractivity contribution in [2.75, 3.05) is 13.7 Å². The number of aromatic nitrogens is 1. The third-order valence-electron chi connectivity index (χ3n) is 6.34. The number of thiophene rings is 1. The molecule has 0 bridgehead atoms. The molecule has 33 heavy (non-hydrogen) atoms. The molecule has 1 aromatic carbocycles. The van der Waals surface area contributed by atoms with Crippen molar-refractivity contribution in [3.8, 4) is 21.4 Å². The van der Waals surface area contributed by atoms with Gasteiger partial charge >= 0.3 is 0 Å². The number of hydrazine groups is 1. The van der Waals surface area contributed by atoms with E-state index in [1.54, 1.807) is 23.5 Å². The van der Waals surface area contributed by atoms with Gasteiger partial charge in [0.2, 0.25) is 0 Å². The van der Waals surface area contributed by atoms with Crippen LogP contribution in [0.5, 0.6) is 11.5 Å². The Morgan fingerprint density at radius 3 is 2.76 bits per heavy atom. The second-order valence-corrected chi connectivity index (χ2v) is 10.6. The maximum Gasteiger partial charge on any atom is 0.279 e. The van der Waals surface area contributed by atoms with Crippen molar-refractivity contribution in [2.45, 2.75) is 57.6 Å². The number of hydrogen-bond donors (Lipinski definition) is 1. The van der Waals surface area contributed by atoms with E-state index in [1.807, 2.05) is 30.5 Å². The predicted octanol–water partition coefficient (Wildman–Crippen LogP) is 5.99. The highest BCUT2D eigenvalue weighted by atomic mass is 32.1. The monoisotopic (exact) mass is 483 g/mol. The van der Waals surface area contributed by atoms with E-state index in [2.05, 4.69) is 22.5 Å². The zero-order valence-electron chi connectivity index (χ0n) is 19.0. The molecule has 3 heterocycles. The third-order valence-corrected chi connectivity index (χ3v) is 8.52. The SMILES string of the molecule is COc1ccc(C2CCCN(C(=O)c3sc(-c4cccs4)nc3C)N2)cc1OC1CCCC1. The van der Waals surface area contributed by atoms with Gasteiger partial charge in [-0.05, 0) is 74.6 Å². The highest BCUT2D eigenvalue weighted by Gasteiger charge is 2.29. The lowest BCUT2D eigenvalue weighted by Gasteiger charge is -2.34. The number of ether oxygens (including phenoxy) is 2. The summed E-state index contributed by atoms with van der Waals surface area (Å²) in [7, 11) is 1.68. The first kappa shape index (κ1) is 22.4. The first-order valence-corrected chi connectivity index (χ1v) is 13.3. The van der Waals surface area contributed by atoms with Crippen molar-refractivity contribution in [1.29, 1.82) is 0 Å². The lowest BCUT2D eigenvalue weighted by Crippen LogP contribution is -2.48. The number of methoxy groups -OCH3 is 1. The Labute approximate surface area is 202 Å². The molecule has 1 saturated heterocycles. The number of carbonyl (C=O) groups excluding carboxylic acids is 1. The molecule has 1 amide bonds. The summed E-state index contributed by atoms with van der Waals surface area (Å²) >= 11 is 3.12. The second kappa shape index (κ2) is 9.83. The van der Waals surface area contributed by atoms with Gasteiger partial charge in [-0.25, -0.2) is 10.4 Å². The van der Waals surface area contributed by atoms with Crippen LogP contribution in [-0.4, -0.2) is 35.7 Å². The standard InChI is InChI=1S/C25H29N3O3S2/c1-16-23(33-24(26-16)22-10-6-14-32-22)25(29)28-13-5-9-19(27-28)17-11-12-20(30-2)21(15-17)31-18-7-3-4-8-18/h6,10-12,14-15,18-19,27H,3-5,7-9,13H2,1-2H3. The molecule has 2 aliphatic rings. The predicted molar refractivity (Wildman–Crippen MR) is 132 cm³/mol. The van der Waals surface area contributed by atoms with Crippen molar-refractivity contribution < 1.29 is 14.3 Å². The summed E-state index contributed by atoms with van der Waals surface area (Å²) in [5.41, 5.74) is 5.37. The van der Waals surface area contributed by atoms with Crippen LogP contribution in [0, 0.1) is 6.92 Å². The molecule has 8 heteroatoms. The number of aryl methyl sites for hydroxylation is 1. The van der Waals surface area contributed by atoms with Crippen molar-refractivity contribution in [3.63, 3.8) is 0 Å². The molecule has 6 nitrogen and oxygen atoms in total. The zero-order valence-corrected chi connectivity index (χ0v) is 20.6. The molecular formula is C25H29N3O3S2. The Bertz CT molecular complexity index is 1110. The van der Waals surface area contributed by atoms with Crippen LogP contribution in [-0.2, 0) is 0 Å². The van der Waals surface area contributed by atoms with Gasteiger partial charge in [0.15, 0.2) is 11.5 Å². The minimum atomic E-state index is -0.00607. The molecule has 0 radical (unpaired) electrons. The van der Waals surface area contributed by atoms with Crippen LogP contribution in [0.1, 0.15) is 65.5 Å². The molecule has 0 spiro atoms. The fourth-order valence-electron chi connectivity index (χ4n) is 4.58. The Hall–Kier alpha value is -2.42. The van der Waals surface area contributed by atoms with Crippen LogP contribution in [0.15, 0.2) is 35.7 Å². The fourth-order valence-corrected chi connectivity index (χ4v) is 6.40. The van der Waals surface area contributed by atoms with E-state index in [0.29, 0.717) is 11.4 Å². The van der Waals surface area contributed by atoms with Gasteiger partial charge in [0.05, 0.1) is 29.8 Å². The van der Waals surface area contributed by atoms with Gasteiger partial charge in [0.25, 0.3) is 5.91 Å². The largest absolute Gasteiger partial charge is 0.493 e. The Balaban J connectivity index is 1.33. The van der Waals surface area contributed by atoms with E-state index in [-0.39, 0.29) is 18.1 Å². The highest BCUT2D eigenvalue weighted by molar-refractivity contribution is 7.22. The molecule has 2 aromatic heterocycles. The first-order chi connectivity index (χ1) is 16.1. The number of amides is 1. The third kappa shape index (κ3) is 4.78. The summed E-state index contributed by atoms with van der Waals surface area (Å²) in [5.74, 6) is 1.55. The van der Waals surface area contributed by atoms with Crippen LogP contribution in [0.2, 0.25) is 0 Å². The molecule has 1 aliphatic carbocycles. The van der Waals surface area contributed by atoms with Crippen LogP contribution in [0.25, 0.3) is 9.88 Å². The summed E-state index contributed by atoms with van der Waals surface area (Å²) in [6.07, 6.45) is 6.79. The molecule has 1 N–H and O–H groups in total. The Morgan fingerprint density at radius 1 is 1.15 bits per heavy atom. The molecule has 1 aliphatic heterocycles. The smallest absolute Gasteiger partial charge is 0.279 e. The second-order valence-electron chi connectivity index (χ2n) is 8.63. The van der Waals surface area contributed by atoms with Gasteiger partial charge in [-0.2, -0.15) is 0 Å². The molecule has 1 unspecified atom stereocenters. The molecule has 3 aromatic rings. The van der Waals surface area contributed by atoms with Crippen molar-refractivity contribution >= 4 is 28.6 Å². The number of rotatable bonds is 6. The summed E-state index contributed by atoms with van der Waals surface area (Å²) in [4.78, 5) is 19.8. The van der Waals surface area contributed by atoms with E-state index in [9.17, 15) is 4.79 Å². The highest BCUT2D eigenvalue weighted by Crippen LogP contribution is 2.36. The summed E-state index contributed by atoms with van der Waals surface area (Å²) in [5, 5.41) is 4.70. The minimum Gasteiger partial charge on any atom is -0.493 e. The number of carbonyl (C=O) groups is 1. The van der Waals surface area contributed by atoms with Crippen molar-refractivity contribution in [3.05, 3.63) is 51.8 Å². The van der Waals surface area contributed by atoms with Gasteiger partial charge in [0.1, 0.15) is 9.88 Å². The van der Waals surface area contributed by atoms with Crippen LogP contribution in [0.3, 0.4) is 0 Å². The quantitative estimate of drug-likeness (QED) is 0.466. The topological polar surface area (TPSA) is 63.7 Å².